The molecule has 8 heteroatoms. The smallest absolute Gasteiger partial charge is 0.204 e. The third-order valence-corrected chi connectivity index (χ3v) is 3.64. The van der Waals surface area contributed by atoms with E-state index in [0.29, 0.717) is 13.1 Å². The van der Waals surface area contributed by atoms with Gasteiger partial charge in [0.05, 0.1) is 0 Å². The van der Waals surface area contributed by atoms with Crippen molar-refractivity contribution < 1.29 is 0 Å². The van der Waals surface area contributed by atoms with Crippen LogP contribution in [0.1, 0.15) is 0 Å². The number of nitrogens with one attached hydrogen (secondary N) is 2. The molecule has 0 aromatic carbocycles. The van der Waals surface area contributed by atoms with Crippen LogP contribution < -0.4 is 10.2 Å². The Kier molecular flexibility index (Phi) is 6.76. The molecule has 7 nitrogen and oxygen atoms in total. The second-order valence-corrected chi connectivity index (χ2v) is 5.48. The first-order valence-corrected chi connectivity index (χ1v) is 7.16. The van der Waals surface area contributed by atoms with E-state index in [9.17, 15) is 0 Å². The highest BCUT2D eigenvalue weighted by molar-refractivity contribution is 7.13. The van der Waals surface area contributed by atoms with Crippen LogP contribution in [0.4, 0.5) is 5.13 Å². The molecular weight excluding hydrogens is 274 g/mol. The van der Waals surface area contributed by atoms with E-state index in [1.807, 2.05) is 36.3 Å². The van der Waals surface area contributed by atoms with Crippen molar-refractivity contribution in [2.75, 3.05) is 52.2 Å². The van der Waals surface area contributed by atoms with Crippen LogP contribution in [-0.4, -0.2) is 68.1 Å². The molecule has 20 heavy (non-hydrogen) atoms. The largest absolute Gasteiger partial charge is 0.349 e. The van der Waals surface area contributed by atoms with Crippen LogP contribution in [0.3, 0.4) is 0 Å². The van der Waals surface area contributed by atoms with Crippen molar-refractivity contribution in [1.29, 1.82) is 10.7 Å². The van der Waals surface area contributed by atoms with E-state index in [2.05, 4.69) is 15.2 Å². The lowest BCUT2D eigenvalue weighted by molar-refractivity contribution is 0.327. The van der Waals surface area contributed by atoms with E-state index in [-0.39, 0.29) is 5.96 Å². The van der Waals surface area contributed by atoms with E-state index < -0.39 is 0 Å². The van der Waals surface area contributed by atoms with E-state index in [4.69, 9.17) is 10.7 Å². The molecule has 0 aliphatic rings. The summed E-state index contributed by atoms with van der Waals surface area (Å²) in [5, 5.41) is 21.8. The van der Waals surface area contributed by atoms with Crippen molar-refractivity contribution in [1.82, 2.24) is 20.1 Å². The van der Waals surface area contributed by atoms with Gasteiger partial charge in [-0.05, 0) is 14.1 Å². The number of anilines is 1. The zero-order valence-corrected chi connectivity index (χ0v) is 12.9. The first-order valence-electron chi connectivity index (χ1n) is 6.28. The molecule has 1 aromatic heterocycles. The standard InChI is InChI=1S/C12H21N7S/c1-17(2)5-7-19(11(14)16-10-13)8-6-18(3)12-15-4-9-20-12/h4,9H,5-8H2,1-3H3,(H2,14,16). The summed E-state index contributed by atoms with van der Waals surface area (Å²) in [6.07, 6.45) is 3.57. The normalized spacial score (nSPS) is 10.2. The zero-order valence-electron chi connectivity index (χ0n) is 12.1. The average Bonchev–Trinajstić information content (AvgIpc) is 2.92. The zero-order chi connectivity index (χ0) is 15.0. The van der Waals surface area contributed by atoms with Crippen LogP contribution in [-0.2, 0) is 0 Å². The van der Waals surface area contributed by atoms with Crippen LogP contribution in [0.5, 0.6) is 0 Å². The van der Waals surface area contributed by atoms with E-state index >= 15 is 0 Å². The number of rotatable bonds is 7. The van der Waals surface area contributed by atoms with Gasteiger partial charge < -0.3 is 14.7 Å². The lowest BCUT2D eigenvalue weighted by Gasteiger charge is -2.27. The summed E-state index contributed by atoms with van der Waals surface area (Å²) in [5.41, 5.74) is 0. The number of likely N-dealkylation sites (N-methyl/N-ethyl adjacent to an activating group) is 2. The summed E-state index contributed by atoms with van der Waals surface area (Å²) in [7, 11) is 5.95. The quantitative estimate of drug-likeness (QED) is 0.329. The van der Waals surface area contributed by atoms with Crippen LogP contribution >= 0.6 is 11.3 Å². The van der Waals surface area contributed by atoms with E-state index in [1.54, 1.807) is 23.7 Å². The van der Waals surface area contributed by atoms with Gasteiger partial charge in [0.25, 0.3) is 0 Å². The van der Waals surface area contributed by atoms with Crippen molar-refractivity contribution in [3.63, 3.8) is 0 Å². The van der Waals surface area contributed by atoms with Gasteiger partial charge in [-0.3, -0.25) is 10.7 Å². The lowest BCUT2D eigenvalue weighted by atomic mass is 10.4. The van der Waals surface area contributed by atoms with Gasteiger partial charge in [-0.25, -0.2) is 4.98 Å². The van der Waals surface area contributed by atoms with Gasteiger partial charge in [0.15, 0.2) is 11.3 Å². The minimum absolute atomic E-state index is 0.141. The summed E-state index contributed by atoms with van der Waals surface area (Å²) >= 11 is 1.59. The molecule has 0 amide bonds. The van der Waals surface area contributed by atoms with Crippen LogP contribution in [0.15, 0.2) is 11.6 Å². The van der Waals surface area contributed by atoms with E-state index in [1.165, 1.54) is 0 Å². The van der Waals surface area contributed by atoms with Crippen LogP contribution in [0.25, 0.3) is 0 Å². The molecule has 0 spiro atoms. The number of thiazole rings is 1. The fourth-order valence-corrected chi connectivity index (χ4v) is 2.20. The first kappa shape index (κ1) is 16.2. The molecule has 0 aliphatic carbocycles. The summed E-state index contributed by atoms with van der Waals surface area (Å²) in [6, 6.07) is 0. The molecule has 2 N–H and O–H groups in total. The van der Waals surface area contributed by atoms with Gasteiger partial charge in [-0.1, -0.05) is 0 Å². The Morgan fingerprint density at radius 3 is 2.60 bits per heavy atom. The van der Waals surface area contributed by atoms with Crippen molar-refractivity contribution in [3.8, 4) is 6.19 Å². The number of hydrogen-bond acceptors (Lipinski definition) is 6. The molecule has 0 bridgehead atoms. The third-order valence-electron chi connectivity index (χ3n) is 2.76. The molecule has 0 radical (unpaired) electrons. The molecule has 1 aromatic rings. The van der Waals surface area contributed by atoms with Crippen molar-refractivity contribution >= 4 is 22.4 Å². The second-order valence-electron chi connectivity index (χ2n) is 4.61. The van der Waals surface area contributed by atoms with Gasteiger partial charge >= 0.3 is 0 Å². The number of aromatic nitrogens is 1. The predicted molar refractivity (Wildman–Crippen MR) is 82.0 cm³/mol. The summed E-state index contributed by atoms with van der Waals surface area (Å²) in [5.74, 6) is 0.141. The molecule has 1 rings (SSSR count). The minimum atomic E-state index is 0.141. The maximum atomic E-state index is 8.63. The van der Waals surface area contributed by atoms with E-state index in [0.717, 1.165) is 18.2 Å². The molecule has 0 unspecified atom stereocenters. The molecular formula is C12H21N7S. The van der Waals surface area contributed by atoms with Gasteiger partial charge in [-0.2, -0.15) is 5.26 Å². The van der Waals surface area contributed by atoms with Gasteiger partial charge in [0.1, 0.15) is 0 Å². The fourth-order valence-electron chi connectivity index (χ4n) is 1.56. The predicted octanol–water partition coefficient (Wildman–Crippen LogP) is 0.448. The third kappa shape index (κ3) is 5.42. The second kappa shape index (κ2) is 8.35. The van der Waals surface area contributed by atoms with Crippen molar-refractivity contribution in [2.45, 2.75) is 0 Å². The molecule has 0 fully saturated rings. The average molecular weight is 295 g/mol. The van der Waals surface area contributed by atoms with Gasteiger partial charge in [-0.15, -0.1) is 11.3 Å². The maximum absolute atomic E-state index is 8.63. The van der Waals surface area contributed by atoms with Crippen molar-refractivity contribution in [3.05, 3.63) is 11.6 Å². The SMILES string of the molecule is CN(C)CCN(CCN(C)c1nccs1)C(=N)NC#N. The Balaban J connectivity index is 2.51. The molecule has 110 valence electrons. The number of hydrogen-bond donors (Lipinski definition) is 2. The Bertz CT molecular complexity index is 437. The van der Waals surface area contributed by atoms with Gasteiger partial charge in [0, 0.05) is 44.8 Å². The maximum Gasteiger partial charge on any atom is 0.204 e. The van der Waals surface area contributed by atoms with Crippen molar-refractivity contribution in [2.24, 2.45) is 0 Å². The Hall–Kier alpha value is -1.85. The Morgan fingerprint density at radius 1 is 1.35 bits per heavy atom. The molecule has 0 atom stereocenters. The van der Waals surface area contributed by atoms with Gasteiger partial charge in [0.2, 0.25) is 5.96 Å². The summed E-state index contributed by atoms with van der Waals surface area (Å²) in [4.78, 5) is 10.2. The highest BCUT2D eigenvalue weighted by Gasteiger charge is 2.12. The molecule has 0 aliphatic heterocycles. The summed E-state index contributed by atoms with van der Waals surface area (Å²) in [6.45, 7) is 2.94. The number of nitriles is 1. The topological polar surface area (TPSA) is 82.3 Å². The first-order chi connectivity index (χ1) is 9.54. The Morgan fingerprint density at radius 2 is 2.05 bits per heavy atom. The highest BCUT2D eigenvalue weighted by Crippen LogP contribution is 2.14. The molecule has 1 heterocycles. The monoisotopic (exact) mass is 295 g/mol. The highest BCUT2D eigenvalue weighted by atomic mass is 32.1. The molecule has 0 saturated heterocycles. The minimum Gasteiger partial charge on any atom is -0.349 e. The summed E-state index contributed by atoms with van der Waals surface area (Å²) < 4.78 is 0. The van der Waals surface area contributed by atoms with Crippen LogP contribution in [0, 0.1) is 16.9 Å². The Labute approximate surface area is 123 Å². The lowest BCUT2D eigenvalue weighted by Crippen LogP contribution is -2.45. The number of guanidine groups is 1. The number of nitrogens with zero attached hydrogens (tertiary/aromatic N) is 5. The molecule has 0 saturated carbocycles. The van der Waals surface area contributed by atoms with Crippen LogP contribution in [0.2, 0.25) is 0 Å². The fraction of sp³-hybridized carbons (Fsp3) is 0.583.